The number of rotatable bonds is 2. The minimum Gasteiger partial charge on any atom is -0.481 e. The Labute approximate surface area is 123 Å². The van der Waals surface area contributed by atoms with Gasteiger partial charge in [-0.25, -0.2) is 4.39 Å². The number of ether oxygens (including phenoxy) is 1. The summed E-state index contributed by atoms with van der Waals surface area (Å²) in [6.45, 7) is 0. The van der Waals surface area contributed by atoms with E-state index in [1.807, 2.05) is 0 Å². The second-order valence-corrected chi connectivity index (χ2v) is 4.85. The lowest BCUT2D eigenvalue weighted by atomic mass is 10.3. The molecule has 4 nitrogen and oxygen atoms in total. The number of aromatic amines is 1. The number of nitrogens with zero attached hydrogens (tertiary/aromatic N) is 2. The SMILES string of the molecule is COc1ccc2[nH]c(=S)n(-c3c(F)cccc3Cl)c2n1. The second-order valence-electron chi connectivity index (χ2n) is 4.06. The number of nitrogens with one attached hydrogen (secondary N) is 1. The van der Waals surface area contributed by atoms with Crippen molar-refractivity contribution in [2.75, 3.05) is 7.11 Å². The van der Waals surface area contributed by atoms with Gasteiger partial charge < -0.3 is 9.72 Å². The van der Waals surface area contributed by atoms with Gasteiger partial charge in [-0.05, 0) is 30.4 Å². The Morgan fingerprint density at radius 1 is 1.35 bits per heavy atom. The van der Waals surface area contributed by atoms with E-state index in [-0.39, 0.29) is 10.7 Å². The highest BCUT2D eigenvalue weighted by Crippen LogP contribution is 2.27. The number of hydrogen-bond acceptors (Lipinski definition) is 3. The minimum absolute atomic E-state index is 0.172. The molecule has 0 bridgehead atoms. The summed E-state index contributed by atoms with van der Waals surface area (Å²) < 4.78 is 20.9. The van der Waals surface area contributed by atoms with Crippen LogP contribution in [0.1, 0.15) is 0 Å². The van der Waals surface area contributed by atoms with Gasteiger partial charge in [0, 0.05) is 6.07 Å². The lowest BCUT2D eigenvalue weighted by Gasteiger charge is -2.08. The molecule has 102 valence electrons. The molecule has 1 N–H and O–H groups in total. The minimum atomic E-state index is -0.473. The zero-order valence-corrected chi connectivity index (χ0v) is 11.9. The maximum Gasteiger partial charge on any atom is 0.215 e. The number of hydrogen-bond donors (Lipinski definition) is 1. The highest BCUT2D eigenvalue weighted by atomic mass is 35.5. The van der Waals surface area contributed by atoms with E-state index in [4.69, 9.17) is 28.6 Å². The first-order valence-electron chi connectivity index (χ1n) is 5.72. The van der Waals surface area contributed by atoms with Crippen LogP contribution < -0.4 is 4.74 Å². The predicted molar refractivity (Wildman–Crippen MR) is 77.8 cm³/mol. The van der Waals surface area contributed by atoms with E-state index in [0.717, 1.165) is 0 Å². The van der Waals surface area contributed by atoms with Crippen LogP contribution in [0.15, 0.2) is 30.3 Å². The Kier molecular flexibility index (Phi) is 3.19. The first kappa shape index (κ1) is 13.1. The van der Waals surface area contributed by atoms with Crippen molar-refractivity contribution in [3.8, 4) is 11.6 Å². The van der Waals surface area contributed by atoms with E-state index in [1.54, 1.807) is 18.2 Å². The Morgan fingerprint density at radius 2 is 2.15 bits per heavy atom. The predicted octanol–water partition coefficient (Wildman–Crippen LogP) is 3.88. The fourth-order valence-electron chi connectivity index (χ4n) is 1.99. The van der Waals surface area contributed by atoms with Crippen LogP contribution in [0, 0.1) is 10.6 Å². The lowest BCUT2D eigenvalue weighted by Crippen LogP contribution is -2.00. The first-order valence-corrected chi connectivity index (χ1v) is 6.50. The van der Waals surface area contributed by atoms with Crippen LogP contribution in [0.25, 0.3) is 16.9 Å². The highest BCUT2D eigenvalue weighted by molar-refractivity contribution is 7.71. The monoisotopic (exact) mass is 309 g/mol. The third-order valence-electron chi connectivity index (χ3n) is 2.88. The first-order chi connectivity index (χ1) is 9.61. The Balaban J connectivity index is 2.41. The molecule has 0 atom stereocenters. The van der Waals surface area contributed by atoms with Crippen molar-refractivity contribution in [1.29, 1.82) is 0 Å². The maximum atomic E-state index is 14.1. The molecule has 1 aromatic carbocycles. The number of H-pyrrole nitrogens is 1. The van der Waals surface area contributed by atoms with Gasteiger partial charge in [0.25, 0.3) is 0 Å². The van der Waals surface area contributed by atoms with Crippen LogP contribution in [-0.2, 0) is 0 Å². The smallest absolute Gasteiger partial charge is 0.215 e. The number of halogens is 2. The largest absolute Gasteiger partial charge is 0.481 e. The summed E-state index contributed by atoms with van der Waals surface area (Å²) in [6, 6.07) is 7.92. The number of fused-ring (bicyclic) bond motifs is 1. The summed E-state index contributed by atoms with van der Waals surface area (Å²) in [4.78, 5) is 7.26. The molecule has 0 fully saturated rings. The Bertz CT molecular complexity index is 838. The second kappa shape index (κ2) is 4.88. The van der Waals surface area contributed by atoms with Gasteiger partial charge in [-0.3, -0.25) is 4.57 Å². The fraction of sp³-hybridized carbons (Fsp3) is 0.0769. The van der Waals surface area contributed by atoms with Gasteiger partial charge in [0.2, 0.25) is 5.88 Å². The number of aromatic nitrogens is 3. The molecular formula is C13H9ClFN3OS. The van der Waals surface area contributed by atoms with Crippen molar-refractivity contribution in [3.05, 3.63) is 45.9 Å². The third-order valence-corrected chi connectivity index (χ3v) is 3.47. The van der Waals surface area contributed by atoms with Crippen molar-refractivity contribution < 1.29 is 9.13 Å². The Morgan fingerprint density at radius 3 is 2.85 bits per heavy atom. The molecule has 0 aliphatic carbocycles. The van der Waals surface area contributed by atoms with Gasteiger partial charge in [-0.2, -0.15) is 4.98 Å². The van der Waals surface area contributed by atoms with E-state index in [9.17, 15) is 4.39 Å². The van der Waals surface area contributed by atoms with Crippen molar-refractivity contribution in [2.45, 2.75) is 0 Å². The third kappa shape index (κ3) is 1.97. The van der Waals surface area contributed by atoms with Crippen LogP contribution in [0.5, 0.6) is 5.88 Å². The molecule has 0 amide bonds. The van der Waals surface area contributed by atoms with Gasteiger partial charge in [-0.15, -0.1) is 0 Å². The Hall–Kier alpha value is -1.92. The lowest BCUT2D eigenvalue weighted by molar-refractivity contribution is 0.399. The maximum absolute atomic E-state index is 14.1. The van der Waals surface area contributed by atoms with Gasteiger partial charge in [-0.1, -0.05) is 17.7 Å². The number of para-hydroxylation sites is 1. The van der Waals surface area contributed by atoms with E-state index < -0.39 is 5.82 Å². The number of imidazole rings is 1. The standard InChI is InChI=1S/C13H9ClFN3OS/c1-19-10-6-5-9-12(17-10)18(13(20)16-9)11-7(14)3-2-4-8(11)15/h2-6H,1H3,(H,16,20). The number of benzene rings is 1. The van der Waals surface area contributed by atoms with Crippen LogP contribution in [-0.4, -0.2) is 21.6 Å². The van der Waals surface area contributed by atoms with Crippen molar-refractivity contribution in [1.82, 2.24) is 14.5 Å². The molecule has 2 aromatic heterocycles. The molecule has 0 spiro atoms. The molecule has 0 aliphatic rings. The van der Waals surface area contributed by atoms with Crippen molar-refractivity contribution >= 4 is 35.0 Å². The summed E-state index contributed by atoms with van der Waals surface area (Å²) in [7, 11) is 1.51. The van der Waals surface area contributed by atoms with Crippen LogP contribution in [0.4, 0.5) is 4.39 Å². The molecule has 0 saturated carbocycles. The van der Waals surface area contributed by atoms with Crippen LogP contribution in [0.2, 0.25) is 5.02 Å². The molecule has 0 radical (unpaired) electrons. The zero-order chi connectivity index (χ0) is 14.3. The average Bonchev–Trinajstić information content (AvgIpc) is 2.74. The van der Waals surface area contributed by atoms with E-state index in [2.05, 4.69) is 9.97 Å². The summed E-state index contributed by atoms with van der Waals surface area (Å²) in [6.07, 6.45) is 0. The van der Waals surface area contributed by atoms with Crippen molar-refractivity contribution in [2.24, 2.45) is 0 Å². The molecule has 3 rings (SSSR count). The summed E-state index contributed by atoms with van der Waals surface area (Å²) >= 11 is 11.3. The van der Waals surface area contributed by atoms with Crippen LogP contribution >= 0.6 is 23.8 Å². The topological polar surface area (TPSA) is 42.8 Å². The molecule has 2 heterocycles. The molecule has 20 heavy (non-hydrogen) atoms. The highest BCUT2D eigenvalue weighted by Gasteiger charge is 2.15. The zero-order valence-electron chi connectivity index (χ0n) is 10.4. The molecule has 7 heteroatoms. The molecule has 0 saturated heterocycles. The summed E-state index contributed by atoms with van der Waals surface area (Å²) in [5, 5.41) is 0.256. The van der Waals surface area contributed by atoms with Crippen molar-refractivity contribution in [3.63, 3.8) is 0 Å². The quantitative estimate of drug-likeness (QED) is 0.730. The summed E-state index contributed by atoms with van der Waals surface area (Å²) in [5.74, 6) is -0.0631. The summed E-state index contributed by atoms with van der Waals surface area (Å²) in [5.41, 5.74) is 1.31. The van der Waals surface area contributed by atoms with E-state index in [1.165, 1.54) is 23.8 Å². The van der Waals surface area contributed by atoms with Gasteiger partial charge >= 0.3 is 0 Å². The van der Waals surface area contributed by atoms with E-state index in [0.29, 0.717) is 21.8 Å². The molecule has 0 aliphatic heterocycles. The van der Waals surface area contributed by atoms with Gasteiger partial charge in [0.05, 0.1) is 17.6 Å². The molecule has 3 aromatic rings. The average molecular weight is 310 g/mol. The van der Waals surface area contributed by atoms with Crippen LogP contribution in [0.3, 0.4) is 0 Å². The number of pyridine rings is 1. The molecule has 0 unspecified atom stereocenters. The molecular weight excluding hydrogens is 301 g/mol. The van der Waals surface area contributed by atoms with Gasteiger partial charge in [0.1, 0.15) is 11.5 Å². The normalized spacial score (nSPS) is 10.9. The fourth-order valence-corrected chi connectivity index (χ4v) is 2.53. The number of methoxy groups -OCH3 is 1. The van der Waals surface area contributed by atoms with Gasteiger partial charge in [0.15, 0.2) is 10.4 Å². The van der Waals surface area contributed by atoms with E-state index >= 15 is 0 Å².